The van der Waals surface area contributed by atoms with Crippen molar-refractivity contribution in [3.63, 3.8) is 0 Å². The van der Waals surface area contributed by atoms with E-state index in [9.17, 15) is 4.79 Å². The molecule has 0 bridgehead atoms. The van der Waals surface area contributed by atoms with Crippen molar-refractivity contribution < 1.29 is 19.0 Å². The second-order valence-electron chi connectivity index (χ2n) is 7.90. The fourth-order valence-electron chi connectivity index (χ4n) is 4.31. The average molecular weight is 431 g/mol. The number of aromatic nitrogens is 2. The van der Waals surface area contributed by atoms with Crippen molar-refractivity contribution in [2.75, 3.05) is 26.9 Å². The van der Waals surface area contributed by atoms with E-state index in [1.54, 1.807) is 19.5 Å². The summed E-state index contributed by atoms with van der Waals surface area (Å²) >= 11 is 0. The van der Waals surface area contributed by atoms with E-state index in [0.717, 1.165) is 34.7 Å². The number of benzene rings is 2. The standard InChI is InChI=1S/C25H25N3O4/c1-17-15-27(16-26-17)21-8-7-18(13-23(21)30-2)14-24-25(29)28(10-12-32-24)20-9-11-31-22-6-4-3-5-19(20)22/h3-8,13-16,20H,9-12H2,1-2H3. The fraction of sp³-hybridized carbons (Fsp3) is 0.280. The second kappa shape index (κ2) is 8.42. The Morgan fingerprint density at radius 3 is 2.84 bits per heavy atom. The highest BCUT2D eigenvalue weighted by Gasteiger charge is 2.34. The number of para-hydroxylation sites is 1. The molecule has 32 heavy (non-hydrogen) atoms. The number of hydrogen-bond donors (Lipinski definition) is 0. The van der Waals surface area contributed by atoms with Gasteiger partial charge in [-0.15, -0.1) is 0 Å². The number of nitrogens with zero attached hydrogens (tertiary/aromatic N) is 3. The first-order chi connectivity index (χ1) is 15.6. The summed E-state index contributed by atoms with van der Waals surface area (Å²) in [6, 6.07) is 13.7. The van der Waals surface area contributed by atoms with Crippen LogP contribution < -0.4 is 9.47 Å². The van der Waals surface area contributed by atoms with Gasteiger partial charge in [-0.25, -0.2) is 4.98 Å². The minimum Gasteiger partial charge on any atom is -0.495 e. The lowest BCUT2D eigenvalue weighted by molar-refractivity contribution is -0.139. The summed E-state index contributed by atoms with van der Waals surface area (Å²) in [5.41, 5.74) is 3.69. The molecule has 5 rings (SSSR count). The molecule has 164 valence electrons. The molecule has 1 aromatic heterocycles. The smallest absolute Gasteiger partial charge is 0.289 e. The minimum absolute atomic E-state index is 0.0128. The summed E-state index contributed by atoms with van der Waals surface area (Å²) in [7, 11) is 1.63. The molecule has 7 nitrogen and oxygen atoms in total. The van der Waals surface area contributed by atoms with Crippen LogP contribution in [-0.2, 0) is 9.53 Å². The molecular formula is C25H25N3O4. The normalized spacial score (nSPS) is 19.3. The van der Waals surface area contributed by atoms with Gasteiger partial charge in [0.25, 0.3) is 5.91 Å². The number of rotatable bonds is 4. The summed E-state index contributed by atoms with van der Waals surface area (Å²) in [5, 5.41) is 0. The maximum absolute atomic E-state index is 13.3. The highest BCUT2D eigenvalue weighted by atomic mass is 16.5. The number of fused-ring (bicyclic) bond motifs is 1. The van der Waals surface area contributed by atoms with Gasteiger partial charge < -0.3 is 23.7 Å². The first kappa shape index (κ1) is 20.2. The SMILES string of the molecule is COc1cc(C=C2OCCN(C3CCOc4ccccc43)C2=O)ccc1-n1cnc(C)c1. The van der Waals surface area contributed by atoms with Crippen molar-refractivity contribution in [2.45, 2.75) is 19.4 Å². The van der Waals surface area contributed by atoms with E-state index in [1.165, 1.54) is 0 Å². The Morgan fingerprint density at radius 1 is 1.16 bits per heavy atom. The van der Waals surface area contributed by atoms with Crippen molar-refractivity contribution in [1.82, 2.24) is 14.5 Å². The number of ether oxygens (including phenoxy) is 3. The van der Waals surface area contributed by atoms with Gasteiger partial charge in [-0.3, -0.25) is 4.79 Å². The Labute approximate surface area is 186 Å². The number of hydrogen-bond acceptors (Lipinski definition) is 5. The number of imidazole rings is 1. The van der Waals surface area contributed by atoms with Crippen molar-refractivity contribution in [3.05, 3.63) is 77.6 Å². The average Bonchev–Trinajstić information content (AvgIpc) is 3.26. The molecule has 1 amide bonds. The van der Waals surface area contributed by atoms with Crippen molar-refractivity contribution in [3.8, 4) is 17.2 Å². The fourth-order valence-corrected chi connectivity index (χ4v) is 4.31. The number of aryl methyl sites for hydroxylation is 1. The Morgan fingerprint density at radius 2 is 2.03 bits per heavy atom. The van der Waals surface area contributed by atoms with E-state index in [-0.39, 0.29) is 11.9 Å². The van der Waals surface area contributed by atoms with Crippen LogP contribution in [0.15, 0.2) is 60.7 Å². The Hall–Kier alpha value is -3.74. The van der Waals surface area contributed by atoms with E-state index in [1.807, 2.05) is 65.1 Å². The van der Waals surface area contributed by atoms with Gasteiger partial charge in [-0.05, 0) is 36.8 Å². The highest BCUT2D eigenvalue weighted by molar-refractivity contribution is 5.96. The zero-order valence-corrected chi connectivity index (χ0v) is 18.2. The van der Waals surface area contributed by atoms with Crippen molar-refractivity contribution >= 4 is 12.0 Å². The molecule has 2 aliphatic heterocycles. The maximum atomic E-state index is 13.3. The lowest BCUT2D eigenvalue weighted by Gasteiger charge is -2.38. The first-order valence-electron chi connectivity index (χ1n) is 10.7. The Kier molecular flexibility index (Phi) is 5.31. The minimum atomic E-state index is -0.105. The predicted octanol–water partition coefficient (Wildman–Crippen LogP) is 3.91. The van der Waals surface area contributed by atoms with Crippen LogP contribution in [0.2, 0.25) is 0 Å². The van der Waals surface area contributed by atoms with Gasteiger partial charge in [0, 0.05) is 18.2 Å². The number of methoxy groups -OCH3 is 1. The summed E-state index contributed by atoms with van der Waals surface area (Å²) in [6.07, 6.45) is 6.24. The van der Waals surface area contributed by atoms with Crippen LogP contribution in [-0.4, -0.2) is 47.2 Å². The van der Waals surface area contributed by atoms with Crippen LogP contribution in [0.25, 0.3) is 11.8 Å². The second-order valence-corrected chi connectivity index (χ2v) is 7.90. The van der Waals surface area contributed by atoms with Gasteiger partial charge in [0.2, 0.25) is 0 Å². The quantitative estimate of drug-likeness (QED) is 0.586. The van der Waals surface area contributed by atoms with Gasteiger partial charge in [0.05, 0.1) is 44.0 Å². The molecule has 2 aliphatic rings. The molecule has 1 atom stereocenters. The van der Waals surface area contributed by atoms with Gasteiger partial charge in [0.1, 0.15) is 18.1 Å². The maximum Gasteiger partial charge on any atom is 0.289 e. The summed E-state index contributed by atoms with van der Waals surface area (Å²) in [6.45, 7) is 3.55. The zero-order valence-electron chi connectivity index (χ0n) is 18.2. The summed E-state index contributed by atoms with van der Waals surface area (Å²) in [5.74, 6) is 1.78. The molecule has 0 aliphatic carbocycles. The van der Waals surface area contributed by atoms with Crippen LogP contribution in [0.3, 0.4) is 0 Å². The molecule has 0 N–H and O–H groups in total. The molecule has 1 fully saturated rings. The Bertz CT molecular complexity index is 1180. The number of carbonyl (C=O) groups excluding carboxylic acids is 1. The molecule has 7 heteroatoms. The molecule has 0 spiro atoms. The summed E-state index contributed by atoms with van der Waals surface area (Å²) < 4.78 is 19.1. The van der Waals surface area contributed by atoms with Crippen LogP contribution in [0.5, 0.6) is 11.5 Å². The molecule has 0 radical (unpaired) electrons. The summed E-state index contributed by atoms with van der Waals surface area (Å²) in [4.78, 5) is 19.5. The van der Waals surface area contributed by atoms with E-state index in [2.05, 4.69) is 4.98 Å². The third-order valence-corrected chi connectivity index (χ3v) is 5.86. The molecule has 3 aromatic rings. The lowest BCUT2D eigenvalue weighted by atomic mass is 9.98. The van der Waals surface area contributed by atoms with Crippen molar-refractivity contribution in [2.24, 2.45) is 0 Å². The van der Waals surface area contributed by atoms with Gasteiger partial charge in [0.15, 0.2) is 5.76 Å². The van der Waals surface area contributed by atoms with Crippen LogP contribution in [0.1, 0.15) is 29.3 Å². The highest BCUT2D eigenvalue weighted by Crippen LogP contribution is 2.37. The van der Waals surface area contributed by atoms with Crippen LogP contribution >= 0.6 is 0 Å². The third kappa shape index (κ3) is 3.70. The Balaban J connectivity index is 1.43. The van der Waals surface area contributed by atoms with E-state index < -0.39 is 0 Å². The molecule has 3 heterocycles. The van der Waals surface area contributed by atoms with Crippen molar-refractivity contribution in [1.29, 1.82) is 0 Å². The molecule has 1 saturated heterocycles. The van der Waals surface area contributed by atoms with E-state index in [4.69, 9.17) is 14.2 Å². The number of morpholine rings is 1. The van der Waals surface area contributed by atoms with E-state index >= 15 is 0 Å². The van der Waals surface area contributed by atoms with Crippen LogP contribution in [0.4, 0.5) is 0 Å². The molecule has 0 saturated carbocycles. The predicted molar refractivity (Wildman–Crippen MR) is 120 cm³/mol. The molecule has 2 aromatic carbocycles. The van der Waals surface area contributed by atoms with Gasteiger partial charge in [-0.2, -0.15) is 0 Å². The largest absolute Gasteiger partial charge is 0.495 e. The third-order valence-electron chi connectivity index (χ3n) is 5.86. The number of amides is 1. The zero-order chi connectivity index (χ0) is 22.1. The van der Waals surface area contributed by atoms with E-state index in [0.29, 0.717) is 31.3 Å². The topological polar surface area (TPSA) is 65.8 Å². The first-order valence-corrected chi connectivity index (χ1v) is 10.7. The van der Waals surface area contributed by atoms with Gasteiger partial charge in [-0.1, -0.05) is 24.3 Å². The monoisotopic (exact) mass is 431 g/mol. The van der Waals surface area contributed by atoms with Crippen LogP contribution in [0, 0.1) is 6.92 Å². The molecule has 1 unspecified atom stereocenters. The molecular weight excluding hydrogens is 406 g/mol. The van der Waals surface area contributed by atoms with Gasteiger partial charge >= 0.3 is 0 Å². The lowest BCUT2D eigenvalue weighted by Crippen LogP contribution is -2.44. The number of carbonyl (C=O) groups is 1.